The third-order valence-electron chi connectivity index (χ3n) is 7.00. The summed E-state index contributed by atoms with van der Waals surface area (Å²) in [6.07, 6.45) is 1.24. The van der Waals surface area contributed by atoms with Gasteiger partial charge < -0.3 is 0 Å². The van der Waals surface area contributed by atoms with Crippen LogP contribution < -0.4 is 0 Å². The number of rotatable bonds is 5. The fourth-order valence-electron chi connectivity index (χ4n) is 4.92. The summed E-state index contributed by atoms with van der Waals surface area (Å²) in [6, 6.07) is 0. The Labute approximate surface area is 174 Å². The molecular weight excluding hydrogens is 404 g/mol. The smallest absolute Gasteiger partial charge is 0.299 e. The van der Waals surface area contributed by atoms with Crippen LogP contribution in [-0.4, -0.2) is 36.9 Å². The summed E-state index contributed by atoms with van der Waals surface area (Å²) >= 11 is 0. The van der Waals surface area contributed by atoms with E-state index in [4.69, 9.17) is 0 Å². The zero-order chi connectivity index (χ0) is 21.9. The highest BCUT2D eigenvalue weighted by Gasteiger charge is 2.44. The quantitative estimate of drug-likeness (QED) is 0.412. The van der Waals surface area contributed by atoms with Crippen LogP contribution >= 0.6 is 0 Å². The first-order chi connectivity index (χ1) is 14.1. The molecule has 0 spiro atoms. The van der Waals surface area contributed by atoms with Crippen molar-refractivity contribution >= 4 is 0 Å². The Kier molecular flexibility index (Phi) is 7.41. The van der Waals surface area contributed by atoms with Crippen LogP contribution in [0.2, 0.25) is 0 Å². The second kappa shape index (κ2) is 9.49. The molecule has 1 atom stereocenters. The molecule has 0 N–H and O–H groups in total. The van der Waals surface area contributed by atoms with Gasteiger partial charge in [-0.05, 0) is 54.9 Å². The molecule has 170 valence electrons. The van der Waals surface area contributed by atoms with E-state index in [2.05, 4.69) is 11.8 Å². The maximum Gasteiger partial charge on any atom is 0.416 e. The maximum absolute atomic E-state index is 13.2. The summed E-state index contributed by atoms with van der Waals surface area (Å²) in [7, 11) is 0. The van der Waals surface area contributed by atoms with E-state index in [9.17, 15) is 26.3 Å². The molecule has 3 aliphatic rings. The molecule has 0 aromatic heterocycles. The molecule has 0 radical (unpaired) electrons. The number of hydrogen-bond acceptors (Lipinski definition) is 1. The minimum Gasteiger partial charge on any atom is -0.299 e. The number of hydrogen-bond donors (Lipinski definition) is 0. The molecule has 0 aromatic rings. The molecule has 7 heteroatoms. The monoisotopic (exact) mass is 435 g/mol. The van der Waals surface area contributed by atoms with Crippen molar-refractivity contribution in [2.24, 2.45) is 17.8 Å². The highest BCUT2D eigenvalue weighted by molar-refractivity contribution is 5.43. The topological polar surface area (TPSA) is 3.24 Å². The van der Waals surface area contributed by atoms with E-state index < -0.39 is 30.3 Å². The van der Waals surface area contributed by atoms with Crippen molar-refractivity contribution in [3.05, 3.63) is 34.9 Å². The molecule has 1 heterocycles. The van der Waals surface area contributed by atoms with Crippen molar-refractivity contribution in [2.75, 3.05) is 19.6 Å². The molecule has 30 heavy (non-hydrogen) atoms. The number of allylic oxidation sites excluding steroid dienone is 4. The largest absolute Gasteiger partial charge is 0.416 e. The molecule has 1 aliphatic heterocycles. The van der Waals surface area contributed by atoms with E-state index in [0.29, 0.717) is 31.2 Å². The average molecular weight is 435 g/mol. The van der Waals surface area contributed by atoms with Crippen LogP contribution in [0, 0.1) is 17.8 Å². The van der Waals surface area contributed by atoms with Gasteiger partial charge in [-0.25, -0.2) is 0 Å². The van der Waals surface area contributed by atoms with Crippen molar-refractivity contribution in [3.63, 3.8) is 0 Å². The van der Waals surface area contributed by atoms with Gasteiger partial charge in [0.2, 0.25) is 0 Å². The van der Waals surface area contributed by atoms with Crippen molar-refractivity contribution in [2.45, 2.75) is 70.6 Å². The maximum atomic E-state index is 13.2. The molecular formula is C23H31F6N. The predicted molar refractivity (Wildman–Crippen MR) is 106 cm³/mol. The van der Waals surface area contributed by atoms with E-state index in [1.165, 1.54) is 32.1 Å². The van der Waals surface area contributed by atoms with Gasteiger partial charge in [-0.2, -0.15) is 26.3 Å². The molecule has 0 bridgehead atoms. The van der Waals surface area contributed by atoms with Crippen LogP contribution in [0.1, 0.15) is 58.3 Å². The van der Waals surface area contributed by atoms with Crippen molar-refractivity contribution in [1.29, 1.82) is 0 Å². The molecule has 1 saturated carbocycles. The second-order valence-corrected chi connectivity index (χ2v) is 9.01. The Morgan fingerprint density at radius 1 is 0.967 bits per heavy atom. The lowest BCUT2D eigenvalue weighted by atomic mass is 9.79. The van der Waals surface area contributed by atoms with Gasteiger partial charge in [0.15, 0.2) is 0 Å². The Morgan fingerprint density at radius 3 is 2.17 bits per heavy atom. The minimum absolute atomic E-state index is 0.185. The average Bonchev–Trinajstić information content (AvgIpc) is 2.71. The normalized spacial score (nSPS) is 29.3. The zero-order valence-corrected chi connectivity index (χ0v) is 17.5. The Bertz CT molecular complexity index is 677. The van der Waals surface area contributed by atoms with E-state index in [-0.39, 0.29) is 5.57 Å². The minimum atomic E-state index is -4.77. The van der Waals surface area contributed by atoms with E-state index in [0.717, 1.165) is 30.9 Å². The summed E-state index contributed by atoms with van der Waals surface area (Å²) in [5.41, 5.74) is -0.361. The number of alkyl halides is 6. The lowest BCUT2D eigenvalue weighted by Crippen LogP contribution is -2.32. The SMILES string of the molecule is CCC1CCC(CCN2CC=C(C3=CC(C(F)(F)F)=CC(C(F)(F)F)C3)CC2)CC1. The molecule has 1 fully saturated rings. The van der Waals surface area contributed by atoms with Gasteiger partial charge in [0.25, 0.3) is 0 Å². The molecule has 0 saturated heterocycles. The first-order valence-electron chi connectivity index (χ1n) is 11.0. The number of nitrogens with zero attached hydrogens (tertiary/aromatic N) is 1. The van der Waals surface area contributed by atoms with Crippen LogP contribution in [0.5, 0.6) is 0 Å². The third kappa shape index (κ3) is 6.14. The van der Waals surface area contributed by atoms with Crippen molar-refractivity contribution in [3.8, 4) is 0 Å². The van der Waals surface area contributed by atoms with Crippen molar-refractivity contribution in [1.82, 2.24) is 4.90 Å². The van der Waals surface area contributed by atoms with Crippen LogP contribution in [0.25, 0.3) is 0 Å². The molecule has 0 aromatic carbocycles. The lowest BCUT2D eigenvalue weighted by molar-refractivity contribution is -0.162. The van der Waals surface area contributed by atoms with E-state index >= 15 is 0 Å². The summed E-state index contributed by atoms with van der Waals surface area (Å²) in [6.45, 7) is 4.48. The highest BCUT2D eigenvalue weighted by Crippen LogP contribution is 2.43. The standard InChI is InChI=1S/C23H31F6N/c1-2-16-3-5-17(6-4-16)7-10-30-11-8-18(9-12-30)19-13-20(22(24,25)26)15-21(14-19)23(27,28)29/h8,13,15-17,21H,2-7,9-12,14H2,1H3. The van der Waals surface area contributed by atoms with Crippen molar-refractivity contribution < 1.29 is 26.3 Å². The first-order valence-corrected chi connectivity index (χ1v) is 11.0. The Hall–Kier alpha value is -1.24. The van der Waals surface area contributed by atoms with E-state index in [1.807, 2.05) is 6.08 Å². The Morgan fingerprint density at radius 2 is 1.63 bits per heavy atom. The van der Waals surface area contributed by atoms with Gasteiger partial charge in [-0.15, -0.1) is 0 Å². The molecule has 1 unspecified atom stereocenters. The van der Waals surface area contributed by atoms with Crippen LogP contribution in [0.15, 0.2) is 34.9 Å². The van der Waals surface area contributed by atoms with Crippen LogP contribution in [0.3, 0.4) is 0 Å². The predicted octanol–water partition coefficient (Wildman–Crippen LogP) is 7.22. The molecule has 1 nitrogen and oxygen atoms in total. The lowest BCUT2D eigenvalue weighted by Gasteiger charge is -2.32. The van der Waals surface area contributed by atoms with Gasteiger partial charge >= 0.3 is 12.4 Å². The summed E-state index contributed by atoms with van der Waals surface area (Å²) in [5, 5.41) is 0. The van der Waals surface area contributed by atoms with Gasteiger partial charge in [-0.3, -0.25) is 4.90 Å². The fourth-order valence-corrected chi connectivity index (χ4v) is 4.92. The molecule has 3 rings (SSSR count). The fraction of sp³-hybridized carbons (Fsp3) is 0.739. The second-order valence-electron chi connectivity index (χ2n) is 9.01. The number of halogens is 6. The van der Waals surface area contributed by atoms with Gasteiger partial charge in [0.05, 0.1) is 11.5 Å². The highest BCUT2D eigenvalue weighted by atomic mass is 19.4. The third-order valence-corrected chi connectivity index (χ3v) is 7.00. The van der Waals surface area contributed by atoms with E-state index in [1.54, 1.807) is 0 Å². The van der Waals surface area contributed by atoms with Crippen LogP contribution in [0.4, 0.5) is 26.3 Å². The summed E-state index contributed by atoms with van der Waals surface area (Å²) in [4.78, 5) is 2.26. The molecule has 0 amide bonds. The van der Waals surface area contributed by atoms with Gasteiger partial charge in [-0.1, -0.05) is 51.2 Å². The van der Waals surface area contributed by atoms with Crippen LogP contribution in [-0.2, 0) is 0 Å². The zero-order valence-electron chi connectivity index (χ0n) is 17.5. The Balaban J connectivity index is 1.57. The molecule has 2 aliphatic carbocycles. The van der Waals surface area contributed by atoms with Gasteiger partial charge in [0, 0.05) is 13.1 Å². The summed E-state index contributed by atoms with van der Waals surface area (Å²) < 4.78 is 78.9. The summed E-state index contributed by atoms with van der Waals surface area (Å²) in [5.74, 6) is -0.473. The van der Waals surface area contributed by atoms with Gasteiger partial charge in [0.1, 0.15) is 0 Å². The first kappa shape index (κ1) is 23.4.